The van der Waals surface area contributed by atoms with Gasteiger partial charge in [0, 0.05) is 13.1 Å². The predicted octanol–water partition coefficient (Wildman–Crippen LogP) is 3.56. The quantitative estimate of drug-likeness (QED) is 0.907. The molecule has 1 aromatic rings. The Bertz CT molecular complexity index is 583. The molecule has 1 aliphatic rings. The average molecular weight is 348 g/mol. The van der Waals surface area contributed by atoms with Crippen molar-refractivity contribution in [1.29, 1.82) is 0 Å². The molecule has 2 atom stereocenters. The second kappa shape index (κ2) is 8.23. The Balaban J connectivity index is 1.86. The van der Waals surface area contributed by atoms with Gasteiger partial charge >= 0.3 is 12.2 Å². The van der Waals surface area contributed by atoms with Crippen LogP contribution in [0.3, 0.4) is 0 Å². The number of rotatable bonds is 3. The van der Waals surface area contributed by atoms with E-state index in [0.717, 1.165) is 12.0 Å². The van der Waals surface area contributed by atoms with E-state index in [2.05, 4.69) is 12.2 Å². The number of alkyl carbamates (subject to hydrolysis) is 1. The summed E-state index contributed by atoms with van der Waals surface area (Å²) in [7, 11) is 0. The van der Waals surface area contributed by atoms with E-state index < -0.39 is 11.7 Å². The summed E-state index contributed by atoms with van der Waals surface area (Å²) in [5.74, 6) is 0.276. The van der Waals surface area contributed by atoms with Crippen molar-refractivity contribution >= 4 is 12.2 Å². The Morgan fingerprint density at radius 2 is 1.88 bits per heavy atom. The first-order chi connectivity index (χ1) is 11.7. The molecule has 0 radical (unpaired) electrons. The standard InChI is InChI=1S/C19H28N2O4/c1-14-10-16(20-17(22)25-19(2,3)4)12-21(11-14)18(23)24-13-15-8-6-5-7-9-15/h5-9,14,16H,10-13H2,1-4H3,(H,20,22). The Morgan fingerprint density at radius 1 is 1.20 bits per heavy atom. The molecule has 1 fully saturated rings. The number of likely N-dealkylation sites (tertiary alicyclic amines) is 1. The molecular weight excluding hydrogens is 320 g/mol. The number of hydrogen-bond acceptors (Lipinski definition) is 4. The van der Waals surface area contributed by atoms with Crippen LogP contribution < -0.4 is 5.32 Å². The monoisotopic (exact) mass is 348 g/mol. The van der Waals surface area contributed by atoms with Crippen molar-refractivity contribution < 1.29 is 19.1 Å². The van der Waals surface area contributed by atoms with E-state index in [1.807, 2.05) is 51.1 Å². The Kier molecular flexibility index (Phi) is 6.28. The van der Waals surface area contributed by atoms with E-state index in [4.69, 9.17) is 9.47 Å². The number of carbonyl (C=O) groups is 2. The molecule has 138 valence electrons. The van der Waals surface area contributed by atoms with Gasteiger partial charge in [-0.15, -0.1) is 0 Å². The van der Waals surface area contributed by atoms with Crippen LogP contribution in [0.2, 0.25) is 0 Å². The summed E-state index contributed by atoms with van der Waals surface area (Å²) >= 11 is 0. The minimum absolute atomic E-state index is 0.136. The van der Waals surface area contributed by atoms with Crippen LogP contribution in [0.5, 0.6) is 0 Å². The molecule has 0 aromatic heterocycles. The third kappa shape index (κ3) is 6.64. The molecule has 0 saturated carbocycles. The smallest absolute Gasteiger partial charge is 0.410 e. The minimum Gasteiger partial charge on any atom is -0.445 e. The first-order valence-electron chi connectivity index (χ1n) is 8.68. The zero-order valence-electron chi connectivity index (χ0n) is 15.5. The second-order valence-electron chi connectivity index (χ2n) is 7.63. The molecule has 0 bridgehead atoms. The number of benzene rings is 1. The van der Waals surface area contributed by atoms with Gasteiger partial charge in [0.2, 0.25) is 0 Å². The second-order valence-corrected chi connectivity index (χ2v) is 7.63. The van der Waals surface area contributed by atoms with Gasteiger partial charge in [0.25, 0.3) is 0 Å². The highest BCUT2D eigenvalue weighted by molar-refractivity contribution is 5.69. The first-order valence-corrected chi connectivity index (χ1v) is 8.68. The van der Waals surface area contributed by atoms with Gasteiger partial charge in [-0.2, -0.15) is 0 Å². The number of carbonyl (C=O) groups excluding carboxylic acids is 2. The van der Waals surface area contributed by atoms with Crippen LogP contribution in [0, 0.1) is 5.92 Å². The summed E-state index contributed by atoms with van der Waals surface area (Å²) in [5.41, 5.74) is 0.405. The molecule has 2 unspecified atom stereocenters. The highest BCUT2D eigenvalue weighted by Gasteiger charge is 2.30. The van der Waals surface area contributed by atoms with Crippen LogP contribution in [0.4, 0.5) is 9.59 Å². The Hall–Kier alpha value is -2.24. The van der Waals surface area contributed by atoms with Crippen molar-refractivity contribution in [1.82, 2.24) is 10.2 Å². The molecule has 1 aromatic carbocycles. The van der Waals surface area contributed by atoms with Gasteiger partial charge in [0.15, 0.2) is 0 Å². The maximum Gasteiger partial charge on any atom is 0.410 e. The number of nitrogens with zero attached hydrogens (tertiary/aromatic N) is 1. The lowest BCUT2D eigenvalue weighted by Crippen LogP contribution is -2.52. The third-order valence-corrected chi connectivity index (χ3v) is 3.84. The summed E-state index contributed by atoms with van der Waals surface area (Å²) < 4.78 is 10.7. The largest absolute Gasteiger partial charge is 0.445 e. The number of piperidine rings is 1. The van der Waals surface area contributed by atoms with E-state index in [1.165, 1.54) is 0 Å². The molecule has 25 heavy (non-hydrogen) atoms. The van der Waals surface area contributed by atoms with Crippen LogP contribution in [0.15, 0.2) is 30.3 Å². The van der Waals surface area contributed by atoms with E-state index in [-0.39, 0.29) is 24.7 Å². The van der Waals surface area contributed by atoms with Crippen molar-refractivity contribution in [3.8, 4) is 0 Å². The van der Waals surface area contributed by atoms with Crippen molar-refractivity contribution in [2.45, 2.75) is 52.4 Å². The number of amides is 2. The van der Waals surface area contributed by atoms with Crippen LogP contribution in [-0.2, 0) is 16.1 Å². The van der Waals surface area contributed by atoms with Crippen molar-refractivity contribution in [3.05, 3.63) is 35.9 Å². The minimum atomic E-state index is -0.543. The van der Waals surface area contributed by atoms with Gasteiger partial charge in [-0.3, -0.25) is 0 Å². The fraction of sp³-hybridized carbons (Fsp3) is 0.579. The van der Waals surface area contributed by atoms with Gasteiger partial charge in [-0.05, 0) is 38.7 Å². The van der Waals surface area contributed by atoms with Gasteiger partial charge in [-0.25, -0.2) is 9.59 Å². The SMILES string of the molecule is CC1CC(NC(=O)OC(C)(C)C)CN(C(=O)OCc2ccccc2)C1. The third-order valence-electron chi connectivity index (χ3n) is 3.84. The van der Waals surface area contributed by atoms with Crippen LogP contribution in [0.1, 0.15) is 39.7 Å². The topological polar surface area (TPSA) is 67.9 Å². The van der Waals surface area contributed by atoms with Crippen LogP contribution in [0.25, 0.3) is 0 Å². The molecule has 2 amide bonds. The molecule has 6 nitrogen and oxygen atoms in total. The summed E-state index contributed by atoms with van der Waals surface area (Å²) in [4.78, 5) is 25.9. The van der Waals surface area contributed by atoms with Gasteiger partial charge in [0.1, 0.15) is 12.2 Å². The van der Waals surface area contributed by atoms with Crippen LogP contribution in [-0.4, -0.2) is 41.8 Å². The summed E-state index contributed by atoms with van der Waals surface area (Å²) in [6, 6.07) is 9.44. The molecule has 6 heteroatoms. The zero-order valence-corrected chi connectivity index (χ0v) is 15.5. The predicted molar refractivity (Wildman–Crippen MR) is 95.1 cm³/mol. The van der Waals surface area contributed by atoms with E-state index in [9.17, 15) is 9.59 Å². The fourth-order valence-electron chi connectivity index (χ4n) is 2.89. The fourth-order valence-corrected chi connectivity index (χ4v) is 2.89. The Morgan fingerprint density at radius 3 is 2.52 bits per heavy atom. The molecule has 1 N–H and O–H groups in total. The highest BCUT2D eigenvalue weighted by Crippen LogP contribution is 2.18. The van der Waals surface area contributed by atoms with E-state index in [0.29, 0.717) is 13.1 Å². The molecule has 1 saturated heterocycles. The number of hydrogen-bond donors (Lipinski definition) is 1. The van der Waals surface area contributed by atoms with Gasteiger partial charge in [0.05, 0.1) is 6.04 Å². The van der Waals surface area contributed by atoms with E-state index >= 15 is 0 Å². The van der Waals surface area contributed by atoms with Crippen LogP contribution >= 0.6 is 0 Å². The van der Waals surface area contributed by atoms with Crippen molar-refractivity contribution in [2.24, 2.45) is 5.92 Å². The Labute approximate surface area is 149 Å². The lowest BCUT2D eigenvalue weighted by molar-refractivity contribution is 0.0420. The first kappa shape index (κ1) is 19.1. The normalized spacial score (nSPS) is 20.7. The average Bonchev–Trinajstić information content (AvgIpc) is 2.51. The molecule has 1 heterocycles. The lowest BCUT2D eigenvalue weighted by Gasteiger charge is -2.36. The maximum absolute atomic E-state index is 12.3. The number of ether oxygens (including phenoxy) is 2. The van der Waals surface area contributed by atoms with Crippen molar-refractivity contribution in [3.63, 3.8) is 0 Å². The van der Waals surface area contributed by atoms with Gasteiger partial charge < -0.3 is 19.7 Å². The van der Waals surface area contributed by atoms with E-state index in [1.54, 1.807) is 4.90 Å². The maximum atomic E-state index is 12.3. The summed E-state index contributed by atoms with van der Waals surface area (Å²) in [6.07, 6.45) is -0.00238. The lowest BCUT2D eigenvalue weighted by atomic mass is 9.96. The molecule has 1 aliphatic heterocycles. The summed E-state index contributed by atoms with van der Waals surface area (Å²) in [6.45, 7) is 8.82. The number of nitrogens with one attached hydrogen (secondary N) is 1. The summed E-state index contributed by atoms with van der Waals surface area (Å²) in [5, 5.41) is 2.85. The zero-order chi connectivity index (χ0) is 18.4. The van der Waals surface area contributed by atoms with Crippen molar-refractivity contribution in [2.75, 3.05) is 13.1 Å². The highest BCUT2D eigenvalue weighted by atomic mass is 16.6. The molecular formula is C19H28N2O4. The molecule has 0 spiro atoms. The molecule has 0 aliphatic carbocycles. The molecule has 2 rings (SSSR count). The van der Waals surface area contributed by atoms with Gasteiger partial charge in [-0.1, -0.05) is 37.3 Å².